The zero-order valence-electron chi connectivity index (χ0n) is 17.5. The Kier molecular flexibility index (Phi) is 6.30. The van der Waals surface area contributed by atoms with Crippen LogP contribution in [-0.2, 0) is 4.74 Å². The first-order chi connectivity index (χ1) is 14.7. The third-order valence-corrected chi connectivity index (χ3v) is 7.03. The lowest BCUT2D eigenvalue weighted by Gasteiger charge is -2.47. The van der Waals surface area contributed by atoms with E-state index in [0.29, 0.717) is 37.9 Å². The lowest BCUT2D eigenvalue weighted by molar-refractivity contribution is -0.257. The van der Waals surface area contributed by atoms with Gasteiger partial charge in [0.2, 0.25) is 5.79 Å². The van der Waals surface area contributed by atoms with Gasteiger partial charge < -0.3 is 14.7 Å². The molecular weight excluding hydrogens is 410 g/mol. The molecule has 3 nitrogen and oxygen atoms in total. The Morgan fingerprint density at radius 3 is 2.32 bits per heavy atom. The van der Waals surface area contributed by atoms with E-state index < -0.39 is 23.6 Å². The van der Waals surface area contributed by atoms with Crippen molar-refractivity contribution in [1.29, 1.82) is 0 Å². The van der Waals surface area contributed by atoms with Crippen molar-refractivity contribution in [1.82, 2.24) is 4.90 Å². The van der Waals surface area contributed by atoms with Gasteiger partial charge in [-0.2, -0.15) is 13.2 Å². The highest BCUT2D eigenvalue weighted by molar-refractivity contribution is 5.75. The van der Waals surface area contributed by atoms with Crippen LogP contribution in [0.5, 0.6) is 0 Å². The van der Waals surface area contributed by atoms with Gasteiger partial charge in [-0.05, 0) is 68.0 Å². The van der Waals surface area contributed by atoms with Gasteiger partial charge in [-0.25, -0.2) is 4.39 Å². The van der Waals surface area contributed by atoms with Gasteiger partial charge in [0.05, 0.1) is 12.0 Å². The largest absolute Gasteiger partial charge is 0.395 e. The maximum absolute atomic E-state index is 14.7. The molecule has 1 saturated carbocycles. The van der Waals surface area contributed by atoms with Crippen LogP contribution in [0.25, 0.3) is 5.57 Å². The van der Waals surface area contributed by atoms with Gasteiger partial charge in [0.15, 0.2) is 6.17 Å². The van der Waals surface area contributed by atoms with Crippen molar-refractivity contribution >= 4 is 5.57 Å². The molecule has 2 aliphatic carbocycles. The summed E-state index contributed by atoms with van der Waals surface area (Å²) in [5.41, 5.74) is 0.00556. The molecule has 0 aromatic heterocycles. The van der Waals surface area contributed by atoms with E-state index in [1.165, 1.54) is 12.2 Å². The summed E-state index contributed by atoms with van der Waals surface area (Å²) in [6.07, 6.45) is 0.939. The molecule has 3 aliphatic rings. The molecule has 2 unspecified atom stereocenters. The van der Waals surface area contributed by atoms with Crippen LogP contribution in [0, 0.1) is 11.3 Å². The second-order valence-corrected chi connectivity index (χ2v) is 9.14. The van der Waals surface area contributed by atoms with Crippen molar-refractivity contribution in [3.63, 3.8) is 0 Å². The van der Waals surface area contributed by atoms with Crippen LogP contribution in [0.4, 0.5) is 17.6 Å². The first-order valence-corrected chi connectivity index (χ1v) is 11.0. The third kappa shape index (κ3) is 4.73. The molecular formula is C24H29F4NO2. The predicted octanol–water partition coefficient (Wildman–Crippen LogP) is 5.13. The molecule has 2 atom stereocenters. The molecule has 1 aromatic rings. The minimum absolute atomic E-state index is 0.0658. The van der Waals surface area contributed by atoms with E-state index in [4.69, 9.17) is 4.74 Å². The number of allylic oxidation sites excluding steroid dienone is 2. The Bertz CT molecular complexity index is 811. The number of piperidine rings is 1. The number of benzene rings is 1. The standard InChI is InChI=1S/C24H29F4NO2/c25-21-15-20(19-5-2-1-3-6-19)7-12-23(21,30)31-16-18-8-13-29(14-9-18)17-22(10-4-11-22)24(26,27)28/h1-3,5-7,12,15,18,21,30H,4,8-11,13-14,16-17H2. The smallest absolute Gasteiger partial charge is 0.360 e. The number of aliphatic hydroxyl groups is 1. The van der Waals surface area contributed by atoms with Crippen molar-refractivity contribution < 1.29 is 27.4 Å². The van der Waals surface area contributed by atoms with Gasteiger partial charge in [0, 0.05) is 6.54 Å². The molecule has 0 amide bonds. The average molecular weight is 439 g/mol. The summed E-state index contributed by atoms with van der Waals surface area (Å²) in [6, 6.07) is 9.34. The van der Waals surface area contributed by atoms with Gasteiger partial charge in [-0.1, -0.05) is 42.8 Å². The van der Waals surface area contributed by atoms with Crippen LogP contribution in [0.2, 0.25) is 0 Å². The Morgan fingerprint density at radius 1 is 1.10 bits per heavy atom. The Labute approximate surface area is 180 Å². The number of hydrogen-bond donors (Lipinski definition) is 1. The summed E-state index contributed by atoms with van der Waals surface area (Å²) < 4.78 is 60.5. The lowest BCUT2D eigenvalue weighted by Crippen LogP contribution is -2.53. The van der Waals surface area contributed by atoms with Gasteiger partial charge in [0.25, 0.3) is 0 Å². The summed E-state index contributed by atoms with van der Waals surface area (Å²) in [5, 5.41) is 10.6. The van der Waals surface area contributed by atoms with Crippen LogP contribution in [0.3, 0.4) is 0 Å². The van der Waals surface area contributed by atoms with Gasteiger partial charge in [-0.3, -0.25) is 0 Å². The van der Waals surface area contributed by atoms with E-state index in [9.17, 15) is 22.7 Å². The van der Waals surface area contributed by atoms with Crippen LogP contribution < -0.4 is 0 Å². The van der Waals surface area contributed by atoms with E-state index in [1.54, 1.807) is 6.08 Å². The minimum atomic E-state index is -4.15. The van der Waals surface area contributed by atoms with Crippen LogP contribution in [-0.4, -0.2) is 54.4 Å². The van der Waals surface area contributed by atoms with Gasteiger partial charge in [0.1, 0.15) is 0 Å². The van der Waals surface area contributed by atoms with Crippen molar-refractivity contribution in [2.24, 2.45) is 11.3 Å². The maximum Gasteiger partial charge on any atom is 0.395 e. The van der Waals surface area contributed by atoms with E-state index in [0.717, 1.165) is 5.56 Å². The summed E-state index contributed by atoms with van der Waals surface area (Å²) in [7, 11) is 0. The van der Waals surface area contributed by atoms with E-state index in [1.807, 2.05) is 35.2 Å². The van der Waals surface area contributed by atoms with Crippen LogP contribution >= 0.6 is 0 Å². The minimum Gasteiger partial charge on any atom is -0.360 e. The van der Waals surface area contributed by atoms with Gasteiger partial charge >= 0.3 is 6.18 Å². The summed E-state index contributed by atoms with van der Waals surface area (Å²) in [6.45, 7) is 1.37. The SMILES string of the molecule is OC1(OCC2CCN(CC3(C(F)(F)F)CCC3)CC2)C=CC(c2ccccc2)=CC1F. The van der Waals surface area contributed by atoms with Crippen molar-refractivity contribution in [3.8, 4) is 0 Å². The second-order valence-electron chi connectivity index (χ2n) is 9.14. The zero-order chi connectivity index (χ0) is 22.1. The van der Waals surface area contributed by atoms with E-state index in [-0.39, 0.29) is 31.9 Å². The molecule has 1 saturated heterocycles. The topological polar surface area (TPSA) is 32.7 Å². The molecule has 4 rings (SSSR count). The molecule has 1 aromatic carbocycles. The fraction of sp³-hybridized carbons (Fsp3) is 0.583. The highest BCUT2D eigenvalue weighted by Crippen LogP contribution is 2.53. The average Bonchev–Trinajstić information content (AvgIpc) is 2.72. The lowest BCUT2D eigenvalue weighted by atomic mass is 9.67. The molecule has 0 bridgehead atoms. The number of alkyl halides is 4. The van der Waals surface area contributed by atoms with E-state index >= 15 is 0 Å². The predicted molar refractivity (Wildman–Crippen MR) is 111 cm³/mol. The molecule has 7 heteroatoms. The summed E-state index contributed by atoms with van der Waals surface area (Å²) in [4.78, 5) is 1.89. The molecule has 0 radical (unpaired) electrons. The number of likely N-dealkylation sites (tertiary alicyclic amines) is 1. The number of halogens is 4. The van der Waals surface area contributed by atoms with Crippen molar-refractivity contribution in [2.45, 2.75) is 50.2 Å². The Morgan fingerprint density at radius 2 is 1.77 bits per heavy atom. The monoisotopic (exact) mass is 439 g/mol. The zero-order valence-corrected chi connectivity index (χ0v) is 17.5. The highest BCUT2D eigenvalue weighted by atomic mass is 19.4. The normalized spacial score (nSPS) is 29.5. The molecule has 0 spiro atoms. The number of hydrogen-bond acceptors (Lipinski definition) is 3. The second kappa shape index (κ2) is 8.68. The Hall–Kier alpha value is -1.70. The fourth-order valence-corrected chi connectivity index (χ4v) is 4.71. The molecule has 31 heavy (non-hydrogen) atoms. The Balaban J connectivity index is 1.26. The molecule has 2 fully saturated rings. The van der Waals surface area contributed by atoms with Crippen LogP contribution in [0.1, 0.15) is 37.7 Å². The van der Waals surface area contributed by atoms with Gasteiger partial charge in [-0.15, -0.1) is 0 Å². The molecule has 1 heterocycles. The van der Waals surface area contributed by atoms with Crippen molar-refractivity contribution in [2.75, 3.05) is 26.2 Å². The van der Waals surface area contributed by atoms with Crippen molar-refractivity contribution in [3.05, 3.63) is 54.1 Å². The first kappa shape index (κ1) is 22.5. The quantitative estimate of drug-likeness (QED) is 0.493. The molecule has 170 valence electrons. The van der Waals surface area contributed by atoms with E-state index in [2.05, 4.69) is 0 Å². The summed E-state index contributed by atoms with van der Waals surface area (Å²) in [5.74, 6) is -1.93. The van der Waals surface area contributed by atoms with Crippen LogP contribution in [0.15, 0.2) is 48.6 Å². The third-order valence-electron chi connectivity index (χ3n) is 7.03. The maximum atomic E-state index is 14.7. The summed E-state index contributed by atoms with van der Waals surface area (Å²) >= 11 is 0. The highest BCUT2D eigenvalue weighted by Gasteiger charge is 2.58. The number of nitrogens with zero attached hydrogens (tertiary/aromatic N) is 1. The number of ether oxygens (including phenoxy) is 1. The first-order valence-electron chi connectivity index (χ1n) is 11.0. The number of rotatable bonds is 6. The molecule has 1 N–H and O–H groups in total. The molecule has 1 aliphatic heterocycles. The fourth-order valence-electron chi connectivity index (χ4n) is 4.71.